The maximum atomic E-state index is 2.46. The third kappa shape index (κ3) is 2.67. The first-order chi connectivity index (χ1) is 10.4. The lowest BCUT2D eigenvalue weighted by Gasteiger charge is -2.51. The van der Waals surface area contributed by atoms with Crippen LogP contribution < -0.4 is 0 Å². The lowest BCUT2D eigenvalue weighted by atomic mass is 10.2. The van der Waals surface area contributed by atoms with Crippen LogP contribution in [0.25, 0.3) is 0 Å². The Balaban J connectivity index is 2.08. The summed E-state index contributed by atoms with van der Waals surface area (Å²) < 4.78 is 0. The van der Waals surface area contributed by atoms with Gasteiger partial charge in [-0.25, -0.2) is 10.0 Å². The normalized spacial score (nSPS) is 28.2. The summed E-state index contributed by atoms with van der Waals surface area (Å²) in [7, 11) is -0.893. The van der Waals surface area contributed by atoms with Gasteiger partial charge in [0.1, 0.15) is 0 Å². The van der Waals surface area contributed by atoms with Crippen molar-refractivity contribution in [2.45, 2.75) is 35.2 Å². The highest BCUT2D eigenvalue weighted by atomic mass is 32.3. The van der Waals surface area contributed by atoms with E-state index in [0.29, 0.717) is 10.5 Å². The van der Waals surface area contributed by atoms with Crippen LogP contribution >= 0.6 is 10.0 Å². The Morgan fingerprint density at radius 2 is 1.43 bits per heavy atom. The van der Waals surface area contributed by atoms with E-state index in [2.05, 4.69) is 85.9 Å². The van der Waals surface area contributed by atoms with Crippen LogP contribution in [0.1, 0.15) is 19.8 Å². The van der Waals surface area contributed by atoms with Crippen molar-refractivity contribution in [3.8, 4) is 0 Å². The highest BCUT2D eigenvalue weighted by Crippen LogP contribution is 2.66. The van der Waals surface area contributed by atoms with E-state index in [4.69, 9.17) is 0 Å². The van der Waals surface area contributed by atoms with E-state index in [1.165, 1.54) is 18.6 Å². The quantitative estimate of drug-likeness (QED) is 0.674. The SMILES string of the molecule is CCS(c1ccccc1)(C1C=CC=CC1)C1C=CC=CC1. The monoisotopic (exact) mass is 296 g/mol. The van der Waals surface area contributed by atoms with E-state index < -0.39 is 10.0 Å². The summed E-state index contributed by atoms with van der Waals surface area (Å²) in [6, 6.07) is 11.3. The van der Waals surface area contributed by atoms with Gasteiger partial charge in [0.2, 0.25) is 0 Å². The predicted molar refractivity (Wildman–Crippen MR) is 96.2 cm³/mol. The third-order valence-electron chi connectivity index (χ3n) is 4.62. The molecule has 0 radical (unpaired) electrons. The van der Waals surface area contributed by atoms with Gasteiger partial charge in [-0.05, 0) is 23.5 Å². The highest BCUT2D eigenvalue weighted by molar-refractivity contribution is 8.35. The number of allylic oxidation sites excluding steroid dienone is 6. The molecule has 0 N–H and O–H groups in total. The van der Waals surface area contributed by atoms with Crippen molar-refractivity contribution in [3.05, 3.63) is 78.9 Å². The summed E-state index contributed by atoms with van der Waals surface area (Å²) in [5, 5.41) is 1.33. The zero-order chi connectivity index (χ0) is 14.5. The molecule has 1 aromatic carbocycles. The van der Waals surface area contributed by atoms with Gasteiger partial charge in [0.25, 0.3) is 0 Å². The van der Waals surface area contributed by atoms with Crippen molar-refractivity contribution < 1.29 is 0 Å². The molecule has 0 fully saturated rings. The van der Waals surface area contributed by atoms with Crippen LogP contribution in [0.2, 0.25) is 0 Å². The topological polar surface area (TPSA) is 0 Å². The maximum absolute atomic E-state index is 2.46. The van der Waals surface area contributed by atoms with Gasteiger partial charge in [-0.3, -0.25) is 0 Å². The van der Waals surface area contributed by atoms with Gasteiger partial charge >= 0.3 is 0 Å². The van der Waals surface area contributed by atoms with Crippen LogP contribution in [0.3, 0.4) is 0 Å². The van der Waals surface area contributed by atoms with Gasteiger partial charge in [0, 0.05) is 10.5 Å². The Kier molecular flexibility index (Phi) is 4.50. The molecule has 1 heteroatoms. The molecule has 0 nitrogen and oxygen atoms in total. The summed E-state index contributed by atoms with van der Waals surface area (Å²) in [4.78, 5) is 1.57. The van der Waals surface area contributed by atoms with Gasteiger partial charge in [0.05, 0.1) is 0 Å². The lowest BCUT2D eigenvalue weighted by molar-refractivity contribution is 0.959. The second-order valence-electron chi connectivity index (χ2n) is 5.63. The van der Waals surface area contributed by atoms with Crippen LogP contribution in [0, 0.1) is 0 Å². The van der Waals surface area contributed by atoms with Gasteiger partial charge in [-0.2, -0.15) is 0 Å². The average Bonchev–Trinajstić information content (AvgIpc) is 2.59. The molecule has 3 rings (SSSR count). The maximum Gasteiger partial charge on any atom is 0.0150 e. The predicted octanol–water partition coefficient (Wildman–Crippen LogP) is 5.64. The molecule has 0 heterocycles. The molecule has 0 aromatic heterocycles. The molecule has 0 aliphatic heterocycles. The van der Waals surface area contributed by atoms with E-state index in [-0.39, 0.29) is 0 Å². The molecule has 0 bridgehead atoms. The van der Waals surface area contributed by atoms with Crippen LogP contribution in [-0.2, 0) is 0 Å². The molecule has 2 unspecified atom stereocenters. The van der Waals surface area contributed by atoms with Gasteiger partial charge < -0.3 is 0 Å². The van der Waals surface area contributed by atoms with Crippen molar-refractivity contribution in [1.29, 1.82) is 0 Å². The average molecular weight is 296 g/mol. The first-order valence-corrected chi connectivity index (χ1v) is 9.81. The van der Waals surface area contributed by atoms with E-state index >= 15 is 0 Å². The van der Waals surface area contributed by atoms with Crippen LogP contribution in [0.5, 0.6) is 0 Å². The molecule has 0 amide bonds. The molecule has 110 valence electrons. The Morgan fingerprint density at radius 1 is 0.857 bits per heavy atom. The van der Waals surface area contributed by atoms with Crippen LogP contribution in [0.15, 0.2) is 83.8 Å². The molecule has 0 spiro atoms. The zero-order valence-corrected chi connectivity index (χ0v) is 13.5. The third-order valence-corrected chi connectivity index (χ3v) is 9.59. The van der Waals surface area contributed by atoms with Crippen molar-refractivity contribution in [1.82, 2.24) is 0 Å². The van der Waals surface area contributed by atoms with Gasteiger partial charge in [0.15, 0.2) is 0 Å². The van der Waals surface area contributed by atoms with E-state index in [0.717, 1.165) is 0 Å². The number of hydrogen-bond acceptors (Lipinski definition) is 0. The Hall–Kier alpha value is -1.47. The fourth-order valence-electron chi connectivity index (χ4n) is 3.58. The smallest absolute Gasteiger partial charge is 0.0150 e. The van der Waals surface area contributed by atoms with Crippen LogP contribution in [-0.4, -0.2) is 16.3 Å². The number of rotatable bonds is 4. The molecule has 0 saturated carbocycles. The Bertz CT molecular complexity index is 547. The standard InChI is InChI=1S/C20H24S/c1-2-21(18-12-6-3-7-13-18,19-14-8-4-9-15-19)20-16-10-5-11-17-20/h3-14,16,19-20H,2,15,17H2,1H3. The molecule has 2 aliphatic carbocycles. The highest BCUT2D eigenvalue weighted by Gasteiger charge is 2.37. The first kappa shape index (κ1) is 14.5. The Morgan fingerprint density at radius 3 is 1.86 bits per heavy atom. The first-order valence-electron chi connectivity index (χ1n) is 7.88. The van der Waals surface area contributed by atoms with Crippen molar-refractivity contribution >= 4 is 10.0 Å². The van der Waals surface area contributed by atoms with Crippen molar-refractivity contribution in [2.75, 3.05) is 5.75 Å². The summed E-state index contributed by atoms with van der Waals surface area (Å²) in [5.74, 6) is 1.25. The second kappa shape index (κ2) is 6.53. The fourth-order valence-corrected chi connectivity index (χ4v) is 8.24. The molecular weight excluding hydrogens is 272 g/mol. The van der Waals surface area contributed by atoms with Gasteiger partial charge in [-0.1, -0.05) is 85.9 Å². The van der Waals surface area contributed by atoms with E-state index in [9.17, 15) is 0 Å². The summed E-state index contributed by atoms with van der Waals surface area (Å²) in [6.45, 7) is 2.39. The molecule has 2 atom stereocenters. The molecule has 0 saturated heterocycles. The number of hydrogen-bond donors (Lipinski definition) is 0. The molecule has 1 aromatic rings. The summed E-state index contributed by atoms with van der Waals surface area (Å²) in [5.41, 5.74) is 0. The minimum absolute atomic E-state index is 0.663. The summed E-state index contributed by atoms with van der Waals surface area (Å²) >= 11 is 0. The Labute approximate surface area is 130 Å². The number of benzene rings is 1. The summed E-state index contributed by atoms with van der Waals surface area (Å²) in [6.07, 6.45) is 20.8. The lowest BCUT2D eigenvalue weighted by Crippen LogP contribution is -2.29. The van der Waals surface area contributed by atoms with E-state index in [1.807, 2.05) is 0 Å². The molecule has 21 heavy (non-hydrogen) atoms. The molecular formula is C20H24S. The van der Waals surface area contributed by atoms with Gasteiger partial charge in [-0.15, -0.1) is 0 Å². The minimum Gasteiger partial charge on any atom is -0.201 e. The van der Waals surface area contributed by atoms with Crippen molar-refractivity contribution in [2.24, 2.45) is 0 Å². The van der Waals surface area contributed by atoms with E-state index in [1.54, 1.807) is 4.90 Å². The van der Waals surface area contributed by atoms with Crippen LogP contribution in [0.4, 0.5) is 0 Å². The fraction of sp³-hybridized carbons (Fsp3) is 0.300. The minimum atomic E-state index is -0.893. The second-order valence-corrected chi connectivity index (χ2v) is 9.58. The largest absolute Gasteiger partial charge is 0.201 e. The molecule has 2 aliphatic rings. The zero-order valence-electron chi connectivity index (χ0n) is 12.7. The van der Waals surface area contributed by atoms with Crippen molar-refractivity contribution in [3.63, 3.8) is 0 Å².